The molecule has 0 radical (unpaired) electrons. The fourth-order valence-electron chi connectivity index (χ4n) is 2.02. The van der Waals surface area contributed by atoms with Gasteiger partial charge in [-0.1, -0.05) is 45.9 Å². The van der Waals surface area contributed by atoms with Gasteiger partial charge in [0.25, 0.3) is 0 Å². The van der Waals surface area contributed by atoms with Crippen molar-refractivity contribution in [3.8, 4) is 5.69 Å². The normalized spacial score (nSPS) is 10.9. The third-order valence-corrected chi connectivity index (χ3v) is 4.98. The highest BCUT2D eigenvalue weighted by Gasteiger charge is 2.10. The lowest BCUT2D eigenvalue weighted by Crippen LogP contribution is -2.00. The lowest BCUT2D eigenvalue weighted by Gasteiger charge is -2.07. The van der Waals surface area contributed by atoms with E-state index >= 15 is 0 Å². The SMILES string of the molecule is Cc1ccc(-n2nnnc2SCc2ccc(Br)cc2)cc1C. The Morgan fingerprint density at radius 1 is 1.05 bits per heavy atom. The summed E-state index contributed by atoms with van der Waals surface area (Å²) in [5.74, 6) is 0.832. The molecule has 0 bridgehead atoms. The Bertz CT molecular complexity index is 783. The minimum atomic E-state index is 0.797. The quantitative estimate of drug-likeness (QED) is 0.637. The average molecular weight is 375 g/mol. The summed E-state index contributed by atoms with van der Waals surface area (Å²) >= 11 is 5.08. The lowest BCUT2D eigenvalue weighted by atomic mass is 10.1. The summed E-state index contributed by atoms with van der Waals surface area (Å²) in [6.45, 7) is 4.19. The Morgan fingerprint density at radius 2 is 1.82 bits per heavy atom. The third kappa shape index (κ3) is 3.39. The maximum atomic E-state index is 4.13. The van der Waals surface area contributed by atoms with Crippen LogP contribution in [0, 0.1) is 13.8 Å². The topological polar surface area (TPSA) is 43.6 Å². The summed E-state index contributed by atoms with van der Waals surface area (Å²) in [6, 6.07) is 14.5. The Labute approximate surface area is 142 Å². The Morgan fingerprint density at radius 3 is 2.55 bits per heavy atom. The lowest BCUT2D eigenvalue weighted by molar-refractivity contribution is 0.755. The van der Waals surface area contributed by atoms with Gasteiger partial charge in [0, 0.05) is 10.2 Å². The number of hydrogen-bond donors (Lipinski definition) is 0. The molecular weight excluding hydrogens is 360 g/mol. The molecule has 3 rings (SSSR count). The molecule has 0 unspecified atom stereocenters. The molecule has 4 nitrogen and oxygen atoms in total. The molecule has 0 fully saturated rings. The van der Waals surface area contributed by atoms with E-state index in [1.165, 1.54) is 16.7 Å². The van der Waals surface area contributed by atoms with E-state index in [0.717, 1.165) is 21.1 Å². The van der Waals surface area contributed by atoms with Crippen molar-refractivity contribution >= 4 is 27.7 Å². The molecule has 112 valence electrons. The van der Waals surface area contributed by atoms with Crippen LogP contribution >= 0.6 is 27.7 Å². The number of thioether (sulfide) groups is 1. The first-order valence-corrected chi connectivity index (χ1v) is 8.64. The molecular formula is C16H15BrN4S. The van der Waals surface area contributed by atoms with Gasteiger partial charge in [0.05, 0.1) is 5.69 Å². The number of tetrazole rings is 1. The number of halogens is 1. The van der Waals surface area contributed by atoms with Crippen molar-refractivity contribution in [3.63, 3.8) is 0 Å². The maximum absolute atomic E-state index is 4.13. The molecule has 0 spiro atoms. The van der Waals surface area contributed by atoms with Crippen LogP contribution in [0.4, 0.5) is 0 Å². The van der Waals surface area contributed by atoms with Crippen molar-refractivity contribution in [3.05, 3.63) is 63.6 Å². The zero-order valence-electron chi connectivity index (χ0n) is 12.3. The van der Waals surface area contributed by atoms with Crippen LogP contribution in [-0.2, 0) is 5.75 Å². The first-order chi connectivity index (χ1) is 10.6. The van der Waals surface area contributed by atoms with Crippen molar-refractivity contribution in [2.75, 3.05) is 0 Å². The predicted octanol–water partition coefficient (Wildman–Crippen LogP) is 4.33. The van der Waals surface area contributed by atoms with Crippen LogP contribution in [-0.4, -0.2) is 20.2 Å². The molecule has 0 N–H and O–H groups in total. The highest BCUT2D eigenvalue weighted by atomic mass is 79.9. The molecule has 2 aromatic carbocycles. The molecule has 0 atom stereocenters. The largest absolute Gasteiger partial charge is 0.214 e. The van der Waals surface area contributed by atoms with Gasteiger partial charge < -0.3 is 0 Å². The van der Waals surface area contributed by atoms with Crippen LogP contribution in [0.15, 0.2) is 52.1 Å². The summed E-state index contributed by atoms with van der Waals surface area (Å²) in [5.41, 5.74) is 4.73. The van der Waals surface area contributed by atoms with Crippen LogP contribution < -0.4 is 0 Å². The third-order valence-electron chi connectivity index (χ3n) is 3.46. The molecule has 0 aliphatic rings. The van der Waals surface area contributed by atoms with Crippen LogP contribution in [0.2, 0.25) is 0 Å². The van der Waals surface area contributed by atoms with E-state index in [1.54, 1.807) is 16.4 Å². The number of rotatable bonds is 4. The minimum Gasteiger partial charge on any atom is -0.187 e. The number of aryl methyl sites for hydroxylation is 2. The number of hydrogen-bond acceptors (Lipinski definition) is 4. The summed E-state index contributed by atoms with van der Waals surface area (Å²) in [5, 5.41) is 12.9. The number of benzene rings is 2. The van der Waals surface area contributed by atoms with Gasteiger partial charge in [0.15, 0.2) is 0 Å². The molecule has 6 heteroatoms. The standard InChI is InChI=1S/C16H15BrN4S/c1-11-3-8-15(9-12(11)2)21-16(18-19-20-21)22-10-13-4-6-14(17)7-5-13/h3-9H,10H2,1-2H3. The summed E-state index contributed by atoms with van der Waals surface area (Å²) in [4.78, 5) is 0. The molecule has 1 aromatic heterocycles. The van der Waals surface area contributed by atoms with E-state index in [4.69, 9.17) is 0 Å². The minimum absolute atomic E-state index is 0.797. The Balaban J connectivity index is 1.79. The van der Waals surface area contributed by atoms with Crippen LogP contribution in [0.1, 0.15) is 16.7 Å². The molecule has 22 heavy (non-hydrogen) atoms. The fourth-order valence-corrected chi connectivity index (χ4v) is 3.13. The van der Waals surface area contributed by atoms with E-state index in [-0.39, 0.29) is 0 Å². The first kappa shape index (κ1) is 15.2. The van der Waals surface area contributed by atoms with Crippen molar-refractivity contribution < 1.29 is 0 Å². The van der Waals surface area contributed by atoms with Crippen molar-refractivity contribution in [2.45, 2.75) is 24.8 Å². The van der Waals surface area contributed by atoms with E-state index in [9.17, 15) is 0 Å². The molecule has 1 heterocycles. The Hall–Kier alpha value is -1.66. The van der Waals surface area contributed by atoms with Gasteiger partial charge in [0.1, 0.15) is 0 Å². The summed E-state index contributed by atoms with van der Waals surface area (Å²) < 4.78 is 2.87. The van der Waals surface area contributed by atoms with Crippen LogP contribution in [0.3, 0.4) is 0 Å². The molecule has 0 saturated heterocycles. The Kier molecular flexibility index (Phi) is 4.59. The summed E-state index contributed by atoms with van der Waals surface area (Å²) in [6.07, 6.45) is 0. The van der Waals surface area contributed by atoms with Gasteiger partial charge >= 0.3 is 0 Å². The van der Waals surface area contributed by atoms with Crippen molar-refractivity contribution in [1.82, 2.24) is 20.2 Å². The molecule has 0 aliphatic heterocycles. The van der Waals surface area contributed by atoms with Gasteiger partial charge in [0.2, 0.25) is 5.16 Å². The predicted molar refractivity (Wildman–Crippen MR) is 92.3 cm³/mol. The van der Waals surface area contributed by atoms with Crippen molar-refractivity contribution in [2.24, 2.45) is 0 Å². The van der Waals surface area contributed by atoms with E-state index < -0.39 is 0 Å². The van der Waals surface area contributed by atoms with E-state index in [2.05, 4.69) is 69.6 Å². The van der Waals surface area contributed by atoms with Gasteiger partial charge in [-0.05, 0) is 65.2 Å². The zero-order valence-corrected chi connectivity index (χ0v) is 14.7. The van der Waals surface area contributed by atoms with E-state index in [1.807, 2.05) is 18.2 Å². The van der Waals surface area contributed by atoms with E-state index in [0.29, 0.717) is 0 Å². The second-order valence-electron chi connectivity index (χ2n) is 5.06. The smallest absolute Gasteiger partial charge is 0.187 e. The highest BCUT2D eigenvalue weighted by Crippen LogP contribution is 2.24. The second kappa shape index (κ2) is 6.62. The monoisotopic (exact) mass is 374 g/mol. The van der Waals surface area contributed by atoms with Crippen LogP contribution in [0.25, 0.3) is 5.69 Å². The summed E-state index contributed by atoms with van der Waals surface area (Å²) in [7, 11) is 0. The van der Waals surface area contributed by atoms with Crippen LogP contribution in [0.5, 0.6) is 0 Å². The first-order valence-electron chi connectivity index (χ1n) is 6.87. The van der Waals surface area contributed by atoms with Crippen molar-refractivity contribution in [1.29, 1.82) is 0 Å². The molecule has 3 aromatic rings. The van der Waals surface area contributed by atoms with Gasteiger partial charge in [-0.3, -0.25) is 0 Å². The molecule has 0 aliphatic carbocycles. The van der Waals surface area contributed by atoms with Gasteiger partial charge in [-0.25, -0.2) is 0 Å². The zero-order chi connectivity index (χ0) is 15.5. The number of aromatic nitrogens is 4. The fraction of sp³-hybridized carbons (Fsp3) is 0.188. The maximum Gasteiger partial charge on any atom is 0.214 e. The van der Waals surface area contributed by atoms with Gasteiger partial charge in [-0.15, -0.1) is 5.10 Å². The average Bonchev–Trinajstić information content (AvgIpc) is 2.98. The number of nitrogens with zero attached hydrogens (tertiary/aromatic N) is 4. The highest BCUT2D eigenvalue weighted by molar-refractivity contribution is 9.10. The van der Waals surface area contributed by atoms with Gasteiger partial charge in [-0.2, -0.15) is 4.68 Å². The second-order valence-corrected chi connectivity index (χ2v) is 6.92. The molecule has 0 amide bonds. The molecule has 0 saturated carbocycles.